The van der Waals surface area contributed by atoms with Gasteiger partial charge in [0.15, 0.2) is 6.61 Å². The lowest BCUT2D eigenvalue weighted by atomic mass is 10.1. The Kier molecular flexibility index (Phi) is 4.90. The van der Waals surface area contributed by atoms with Crippen molar-refractivity contribution in [2.75, 3.05) is 6.54 Å². The summed E-state index contributed by atoms with van der Waals surface area (Å²) in [5.74, 6) is -0.874. The molecule has 0 aliphatic carbocycles. The van der Waals surface area contributed by atoms with Crippen molar-refractivity contribution in [2.45, 2.75) is 20.0 Å². The quantitative estimate of drug-likeness (QED) is 0.470. The normalized spacial score (nSPS) is 12.9. The molecule has 0 unspecified atom stereocenters. The van der Waals surface area contributed by atoms with Gasteiger partial charge in [-0.2, -0.15) is 0 Å². The van der Waals surface area contributed by atoms with Gasteiger partial charge in [0.05, 0.1) is 16.7 Å². The lowest BCUT2D eigenvalue weighted by Gasteiger charge is -2.13. The summed E-state index contributed by atoms with van der Waals surface area (Å²) in [6.45, 7) is 1.73. The summed E-state index contributed by atoms with van der Waals surface area (Å²) in [6.07, 6.45) is 0.560. The van der Waals surface area contributed by atoms with Crippen LogP contribution in [-0.2, 0) is 17.8 Å². The molecule has 8 heteroatoms. The van der Waals surface area contributed by atoms with Crippen LogP contribution < -0.4 is 0 Å². The molecule has 1 aliphatic rings. The van der Waals surface area contributed by atoms with E-state index >= 15 is 0 Å². The summed E-state index contributed by atoms with van der Waals surface area (Å²) in [7, 11) is 0. The Hall–Kier alpha value is -3.81. The molecule has 8 nitrogen and oxygen atoms in total. The highest BCUT2D eigenvalue weighted by atomic mass is 16.5. The predicted molar refractivity (Wildman–Crippen MR) is 100 cm³/mol. The number of nitrogens with zero attached hydrogens (tertiary/aromatic N) is 3. The van der Waals surface area contributed by atoms with E-state index in [0.717, 1.165) is 5.56 Å². The second-order valence-corrected chi connectivity index (χ2v) is 6.55. The van der Waals surface area contributed by atoms with Gasteiger partial charge in [-0.1, -0.05) is 30.3 Å². The average Bonchev–Trinajstić information content (AvgIpc) is 3.26. The molecular formula is C21H17N3O5. The van der Waals surface area contributed by atoms with Gasteiger partial charge in [-0.05, 0) is 30.2 Å². The van der Waals surface area contributed by atoms with Crippen LogP contribution in [0.4, 0.5) is 0 Å². The maximum absolute atomic E-state index is 12.7. The van der Waals surface area contributed by atoms with E-state index in [1.807, 2.05) is 30.3 Å². The van der Waals surface area contributed by atoms with Crippen molar-refractivity contribution in [3.8, 4) is 0 Å². The summed E-state index contributed by atoms with van der Waals surface area (Å²) in [5, 5.41) is 7.40. The van der Waals surface area contributed by atoms with Crippen molar-refractivity contribution in [1.29, 1.82) is 0 Å². The van der Waals surface area contributed by atoms with Gasteiger partial charge in [0.25, 0.3) is 17.7 Å². The molecule has 2 amide bonds. The molecule has 3 aromatic rings. The first-order valence-electron chi connectivity index (χ1n) is 9.03. The molecule has 2 heterocycles. The van der Waals surface area contributed by atoms with Gasteiger partial charge in [-0.25, -0.2) is 4.79 Å². The van der Waals surface area contributed by atoms with Gasteiger partial charge < -0.3 is 9.15 Å². The van der Waals surface area contributed by atoms with Crippen LogP contribution in [0.3, 0.4) is 0 Å². The topological polar surface area (TPSA) is 103 Å². The number of aromatic nitrogens is 2. The molecule has 0 bridgehead atoms. The lowest BCUT2D eigenvalue weighted by molar-refractivity contribution is 0.0436. The van der Waals surface area contributed by atoms with E-state index in [4.69, 9.17) is 9.15 Å². The Morgan fingerprint density at radius 2 is 1.79 bits per heavy atom. The first-order valence-corrected chi connectivity index (χ1v) is 9.03. The van der Waals surface area contributed by atoms with Crippen LogP contribution in [-0.4, -0.2) is 39.4 Å². The zero-order valence-corrected chi connectivity index (χ0v) is 15.6. The van der Waals surface area contributed by atoms with Crippen LogP contribution in [0.2, 0.25) is 0 Å². The number of carbonyl (C=O) groups excluding carboxylic acids is 3. The third-order valence-electron chi connectivity index (χ3n) is 4.57. The first-order chi connectivity index (χ1) is 14.0. The third-order valence-corrected chi connectivity index (χ3v) is 4.57. The minimum atomic E-state index is -0.647. The van der Waals surface area contributed by atoms with Crippen LogP contribution in [0.1, 0.15) is 48.4 Å². The fraction of sp³-hybridized carbons (Fsp3) is 0.190. The van der Waals surface area contributed by atoms with E-state index < -0.39 is 11.9 Å². The van der Waals surface area contributed by atoms with Gasteiger partial charge in [0.2, 0.25) is 5.89 Å². The molecule has 0 atom stereocenters. The molecule has 0 fully saturated rings. The minimum Gasteiger partial charge on any atom is -0.452 e. The fourth-order valence-corrected chi connectivity index (χ4v) is 3.11. The molecule has 0 radical (unpaired) electrons. The van der Waals surface area contributed by atoms with Gasteiger partial charge >= 0.3 is 5.97 Å². The third kappa shape index (κ3) is 3.77. The average molecular weight is 391 g/mol. The number of hydrogen-bond donors (Lipinski definition) is 0. The number of fused-ring (bicyclic) bond motifs is 1. The second kappa shape index (κ2) is 7.67. The summed E-state index contributed by atoms with van der Waals surface area (Å²) < 4.78 is 10.3. The minimum absolute atomic E-state index is 0.172. The van der Waals surface area contributed by atoms with Crippen molar-refractivity contribution >= 4 is 17.8 Å². The fourth-order valence-electron chi connectivity index (χ4n) is 3.11. The van der Waals surface area contributed by atoms with Crippen LogP contribution >= 0.6 is 0 Å². The molecule has 29 heavy (non-hydrogen) atoms. The molecule has 0 saturated heterocycles. The first kappa shape index (κ1) is 18.5. The number of amides is 2. The maximum atomic E-state index is 12.7. The second-order valence-electron chi connectivity index (χ2n) is 6.55. The number of esters is 1. The SMILES string of the molecule is Cc1nnc(COC(=O)c2ccc3c(c2)C(=O)N(CCc2ccccc2)C3=O)o1. The number of benzene rings is 2. The van der Waals surface area contributed by atoms with Gasteiger partial charge in [0, 0.05) is 13.5 Å². The largest absolute Gasteiger partial charge is 0.452 e. The molecule has 0 spiro atoms. The number of aryl methyl sites for hydroxylation is 1. The van der Waals surface area contributed by atoms with E-state index in [1.54, 1.807) is 6.92 Å². The van der Waals surface area contributed by atoms with E-state index in [1.165, 1.54) is 23.1 Å². The van der Waals surface area contributed by atoms with Crippen LogP contribution in [0.5, 0.6) is 0 Å². The number of carbonyl (C=O) groups is 3. The Morgan fingerprint density at radius 1 is 1.03 bits per heavy atom. The van der Waals surface area contributed by atoms with Crippen LogP contribution in [0, 0.1) is 6.92 Å². The summed E-state index contributed by atoms with van der Waals surface area (Å²) in [4.78, 5) is 38.8. The van der Waals surface area contributed by atoms with Gasteiger partial charge in [0.1, 0.15) is 0 Å². The highest BCUT2D eigenvalue weighted by Gasteiger charge is 2.35. The molecule has 1 aliphatic heterocycles. The van der Waals surface area contributed by atoms with E-state index in [9.17, 15) is 14.4 Å². The zero-order valence-electron chi connectivity index (χ0n) is 15.6. The number of rotatable bonds is 6. The number of hydrogen-bond acceptors (Lipinski definition) is 7. The summed E-state index contributed by atoms with van der Waals surface area (Å²) >= 11 is 0. The van der Waals surface area contributed by atoms with Crippen molar-refractivity contribution in [1.82, 2.24) is 15.1 Å². The maximum Gasteiger partial charge on any atom is 0.338 e. The van der Waals surface area contributed by atoms with Crippen LogP contribution in [0.15, 0.2) is 52.9 Å². The Balaban J connectivity index is 1.45. The highest BCUT2D eigenvalue weighted by Crippen LogP contribution is 2.25. The predicted octanol–water partition coefficient (Wildman–Crippen LogP) is 2.57. The van der Waals surface area contributed by atoms with Gasteiger partial charge in [-0.3, -0.25) is 14.5 Å². The smallest absolute Gasteiger partial charge is 0.338 e. The molecule has 1 aromatic heterocycles. The molecule has 0 N–H and O–H groups in total. The Morgan fingerprint density at radius 3 is 2.52 bits per heavy atom. The van der Waals surface area contributed by atoms with Crippen molar-refractivity contribution in [3.05, 3.63) is 82.6 Å². The number of ether oxygens (including phenoxy) is 1. The van der Waals surface area contributed by atoms with Gasteiger partial charge in [-0.15, -0.1) is 10.2 Å². The molecule has 4 rings (SSSR count). The number of imide groups is 1. The Labute approximate surface area is 166 Å². The lowest BCUT2D eigenvalue weighted by Crippen LogP contribution is -2.31. The van der Waals surface area contributed by atoms with E-state index in [2.05, 4.69) is 10.2 Å². The highest BCUT2D eigenvalue weighted by molar-refractivity contribution is 6.21. The summed E-state index contributed by atoms with van der Waals surface area (Å²) in [5.41, 5.74) is 1.69. The molecular weight excluding hydrogens is 374 g/mol. The molecule has 2 aromatic carbocycles. The van der Waals surface area contributed by atoms with E-state index in [-0.39, 0.29) is 41.6 Å². The van der Waals surface area contributed by atoms with E-state index in [0.29, 0.717) is 12.3 Å². The van der Waals surface area contributed by atoms with Crippen LogP contribution in [0.25, 0.3) is 0 Å². The molecule has 146 valence electrons. The molecule has 0 saturated carbocycles. The van der Waals surface area contributed by atoms with Crippen molar-refractivity contribution < 1.29 is 23.5 Å². The summed E-state index contributed by atoms with van der Waals surface area (Å²) in [6, 6.07) is 13.9. The van der Waals surface area contributed by atoms with Crippen molar-refractivity contribution in [3.63, 3.8) is 0 Å². The van der Waals surface area contributed by atoms with Crippen molar-refractivity contribution in [2.24, 2.45) is 0 Å². The standard InChI is InChI=1S/C21H17N3O5/c1-13-22-23-18(29-13)12-28-21(27)15-7-8-16-17(11-15)20(26)24(19(16)25)10-9-14-5-3-2-4-6-14/h2-8,11H,9-10,12H2,1H3. The Bertz CT molecular complexity index is 1090. The monoisotopic (exact) mass is 391 g/mol. The zero-order chi connectivity index (χ0) is 20.4.